The van der Waals surface area contributed by atoms with E-state index in [-0.39, 0.29) is 30.1 Å². The summed E-state index contributed by atoms with van der Waals surface area (Å²) in [5, 5.41) is 9.00. The highest BCUT2D eigenvalue weighted by Crippen LogP contribution is 2.35. The molecule has 0 saturated carbocycles. The number of carbonyl (C=O) groups excluding carboxylic acids is 1. The quantitative estimate of drug-likeness (QED) is 0.0806. The van der Waals surface area contributed by atoms with E-state index in [0.29, 0.717) is 82.9 Å². The third-order valence-electron chi connectivity index (χ3n) is 14.0. The second-order valence-electron chi connectivity index (χ2n) is 19.0. The number of nitrogens with one attached hydrogen (secondary N) is 4. The zero-order chi connectivity index (χ0) is 50.2. The molecular weight excluding hydrogens is 919 g/mol. The molecule has 2 aromatic carbocycles. The van der Waals surface area contributed by atoms with E-state index >= 15 is 0 Å². The molecule has 5 aromatic heterocycles. The van der Waals surface area contributed by atoms with Crippen molar-refractivity contribution in [2.75, 3.05) is 82.1 Å². The highest BCUT2D eigenvalue weighted by molar-refractivity contribution is 5.96. The van der Waals surface area contributed by atoms with Gasteiger partial charge in [-0.1, -0.05) is 24.3 Å². The van der Waals surface area contributed by atoms with Crippen LogP contribution in [0.2, 0.25) is 0 Å². The molecule has 0 aliphatic carbocycles. The van der Waals surface area contributed by atoms with E-state index in [9.17, 15) is 23.2 Å². The van der Waals surface area contributed by atoms with Crippen LogP contribution in [0, 0.1) is 0 Å². The van der Waals surface area contributed by atoms with Crippen LogP contribution in [0.4, 0.5) is 37.6 Å². The summed E-state index contributed by atoms with van der Waals surface area (Å²) in [6, 6.07) is 25.7. The molecule has 0 radical (unpaired) electrons. The summed E-state index contributed by atoms with van der Waals surface area (Å²) in [6.07, 6.45) is 11.7. The van der Waals surface area contributed by atoms with Crippen molar-refractivity contribution in [1.29, 1.82) is 0 Å². The van der Waals surface area contributed by atoms with Gasteiger partial charge in [-0.2, -0.15) is 0 Å². The molecule has 3 aliphatic heterocycles. The van der Waals surface area contributed by atoms with Crippen LogP contribution in [0.25, 0.3) is 32.8 Å². The maximum absolute atomic E-state index is 14.0. The van der Waals surface area contributed by atoms with E-state index in [1.54, 1.807) is 48.9 Å². The van der Waals surface area contributed by atoms with Crippen LogP contribution in [0.15, 0.2) is 113 Å². The Bertz CT molecular complexity index is 3100. The molecule has 0 atom stereocenters. The summed E-state index contributed by atoms with van der Waals surface area (Å²) in [4.78, 5) is 62.4. The topological polar surface area (TPSA) is 174 Å². The van der Waals surface area contributed by atoms with Gasteiger partial charge in [-0.3, -0.25) is 19.4 Å². The Hall–Kier alpha value is -7.24. The summed E-state index contributed by atoms with van der Waals surface area (Å²) >= 11 is 0. The number of aromatic amines is 2. The molecule has 376 valence electrons. The first-order chi connectivity index (χ1) is 34.9. The van der Waals surface area contributed by atoms with E-state index in [1.165, 1.54) is 11.1 Å². The molecule has 3 saturated heterocycles. The number of aromatic nitrogens is 5. The first-order valence-electron chi connectivity index (χ1n) is 24.9. The maximum Gasteiger partial charge on any atom is 0.307 e. The maximum atomic E-state index is 14.0. The molecule has 15 nitrogen and oxygen atoms in total. The van der Waals surface area contributed by atoms with E-state index in [2.05, 4.69) is 71.7 Å². The van der Waals surface area contributed by atoms with Gasteiger partial charge in [-0.25, -0.2) is 18.7 Å². The fourth-order valence-corrected chi connectivity index (χ4v) is 10.0. The monoisotopic (exact) mass is 980 g/mol. The lowest BCUT2D eigenvalue weighted by atomic mass is 9.89. The average molecular weight is 981 g/mol. The van der Waals surface area contributed by atoms with Crippen LogP contribution in [0.1, 0.15) is 74.8 Å². The van der Waals surface area contributed by atoms with Crippen LogP contribution in [-0.2, 0) is 9.53 Å². The van der Waals surface area contributed by atoms with Crippen molar-refractivity contribution in [2.24, 2.45) is 0 Å². The molecule has 4 N–H and O–H groups in total. The number of anilines is 5. The van der Waals surface area contributed by atoms with Crippen molar-refractivity contribution in [3.05, 3.63) is 135 Å². The van der Waals surface area contributed by atoms with Crippen LogP contribution in [-0.4, -0.2) is 113 Å². The van der Waals surface area contributed by atoms with Gasteiger partial charge in [0, 0.05) is 55.0 Å². The first-order valence-corrected chi connectivity index (χ1v) is 24.9. The van der Waals surface area contributed by atoms with Crippen molar-refractivity contribution >= 4 is 56.3 Å². The zero-order valence-corrected chi connectivity index (χ0v) is 41.1. The summed E-state index contributed by atoms with van der Waals surface area (Å²) < 4.78 is 38.4. The molecule has 10 rings (SSSR count). The van der Waals surface area contributed by atoms with Gasteiger partial charge in [-0.05, 0) is 161 Å². The molecule has 0 spiro atoms. The van der Waals surface area contributed by atoms with Gasteiger partial charge in [-0.15, -0.1) is 0 Å². The number of carbonyl (C=O) groups is 1. The number of H-pyrrole nitrogens is 2. The lowest BCUT2D eigenvalue weighted by Crippen LogP contribution is -2.43. The molecule has 3 aliphatic rings. The number of piperidine rings is 3. The Labute approximate surface area is 417 Å². The van der Waals surface area contributed by atoms with Crippen LogP contribution >= 0.6 is 0 Å². The number of esters is 1. The van der Waals surface area contributed by atoms with Crippen molar-refractivity contribution in [3.8, 4) is 17.0 Å². The lowest BCUT2D eigenvalue weighted by molar-refractivity contribution is -0.143. The minimum absolute atomic E-state index is 0.106. The molecule has 7 aromatic rings. The number of halogens is 2. The zero-order valence-electron chi connectivity index (χ0n) is 41.1. The number of likely N-dealkylation sites (tertiary alicyclic amines) is 2. The summed E-state index contributed by atoms with van der Waals surface area (Å²) in [7, 11) is 3.75. The van der Waals surface area contributed by atoms with Crippen molar-refractivity contribution in [1.82, 2.24) is 34.7 Å². The number of rotatable bonds is 13. The van der Waals surface area contributed by atoms with Gasteiger partial charge < -0.3 is 44.8 Å². The first kappa shape index (κ1) is 49.7. The second-order valence-corrected chi connectivity index (χ2v) is 19.0. The summed E-state index contributed by atoms with van der Waals surface area (Å²) in [5.74, 6) is 0.121. The van der Waals surface area contributed by atoms with Crippen LogP contribution < -0.4 is 31.4 Å². The summed E-state index contributed by atoms with van der Waals surface area (Å²) in [6.45, 7) is 7.31. The number of hydrogen-bond donors (Lipinski definition) is 4. The molecule has 17 heteroatoms. The number of pyridine rings is 5. The minimum atomic E-state index is -2.74. The molecule has 0 amide bonds. The molecule has 0 unspecified atom stereocenters. The molecule has 3 fully saturated rings. The SMILES string of the molecule is CCOC(=O)CCN1CCC(c2ccc(Nc3nc(-c4cncc(OC)c4)cc4cc[nH]c(=O)c34)cc2)CC1.CN1CCC(c2ccc(Nc3nc(N4CCCC(F)(F)C4)cc4cc[nH]c(=O)c34)cc2)CC1. The number of methoxy groups -OCH3 is 1. The Morgan fingerprint density at radius 1 is 0.764 bits per heavy atom. The number of nitrogens with zero attached hydrogens (tertiary/aromatic N) is 6. The van der Waals surface area contributed by atoms with E-state index in [1.807, 2.05) is 49.4 Å². The number of ether oxygens (including phenoxy) is 2. The Balaban J connectivity index is 0.000000180. The fraction of sp³-hybridized carbons (Fsp3) is 0.382. The van der Waals surface area contributed by atoms with Gasteiger partial charge in [0.2, 0.25) is 0 Å². The van der Waals surface area contributed by atoms with Gasteiger partial charge in [0.25, 0.3) is 17.0 Å². The van der Waals surface area contributed by atoms with Crippen LogP contribution in [0.5, 0.6) is 5.75 Å². The molecular formula is C55H62F2N10O5. The van der Waals surface area contributed by atoms with Gasteiger partial charge in [0.15, 0.2) is 0 Å². The van der Waals surface area contributed by atoms with E-state index < -0.39 is 5.92 Å². The molecule has 72 heavy (non-hydrogen) atoms. The van der Waals surface area contributed by atoms with Gasteiger partial charge in [0.05, 0.1) is 49.3 Å². The third kappa shape index (κ3) is 12.1. The predicted molar refractivity (Wildman–Crippen MR) is 279 cm³/mol. The summed E-state index contributed by atoms with van der Waals surface area (Å²) in [5.41, 5.74) is 5.28. The third-order valence-corrected chi connectivity index (χ3v) is 14.0. The van der Waals surface area contributed by atoms with Crippen molar-refractivity contribution in [2.45, 2.75) is 69.6 Å². The van der Waals surface area contributed by atoms with Gasteiger partial charge in [0.1, 0.15) is 23.2 Å². The number of alkyl halides is 2. The predicted octanol–water partition coefficient (Wildman–Crippen LogP) is 9.58. The van der Waals surface area contributed by atoms with E-state index in [0.717, 1.165) is 80.7 Å². The van der Waals surface area contributed by atoms with Crippen LogP contribution in [0.3, 0.4) is 0 Å². The Morgan fingerprint density at radius 2 is 1.35 bits per heavy atom. The second kappa shape index (κ2) is 22.5. The molecule has 0 bridgehead atoms. The minimum Gasteiger partial charge on any atom is -0.495 e. The number of benzene rings is 2. The van der Waals surface area contributed by atoms with Gasteiger partial charge >= 0.3 is 5.97 Å². The number of hydrogen-bond acceptors (Lipinski definition) is 13. The highest BCUT2D eigenvalue weighted by atomic mass is 19.3. The largest absolute Gasteiger partial charge is 0.495 e. The highest BCUT2D eigenvalue weighted by Gasteiger charge is 2.36. The normalized spacial score (nSPS) is 16.8. The molecule has 8 heterocycles. The standard InChI is InChI=1S/C30H33N5O4.C25H29F2N5O/c1-3-39-27(36)11-15-35-13-9-21(10-14-35)20-4-6-24(7-5-20)33-29-28-22(8-12-32-30(28)37)17-26(34-29)23-16-25(38-2)19-31-18-23;1-31-13-8-18(9-14-31)17-3-5-20(6-4-17)29-23-22-19(7-11-28-24(22)33)15-21(30-23)32-12-2-10-25(26,27)16-32/h4-8,12,16-19,21H,3,9-11,13-15H2,1-2H3,(H,32,37)(H,33,34);3-7,11,15,18H,2,8-10,12-14,16H2,1H3,(H,28,33)(H,29,30). The average Bonchev–Trinajstić information content (AvgIpc) is 3.39. The number of fused-ring (bicyclic) bond motifs is 2. The fourth-order valence-electron chi connectivity index (χ4n) is 10.0. The lowest BCUT2D eigenvalue weighted by Gasteiger charge is -2.33. The van der Waals surface area contributed by atoms with Crippen molar-refractivity contribution < 1.29 is 23.0 Å². The van der Waals surface area contributed by atoms with Crippen molar-refractivity contribution in [3.63, 3.8) is 0 Å². The Kier molecular flexibility index (Phi) is 15.5. The van der Waals surface area contributed by atoms with E-state index in [4.69, 9.17) is 14.5 Å². The smallest absolute Gasteiger partial charge is 0.307 e. The Morgan fingerprint density at radius 3 is 1.93 bits per heavy atom.